The van der Waals surface area contributed by atoms with Crippen LogP contribution in [0.5, 0.6) is 0 Å². The zero-order valence-electron chi connectivity index (χ0n) is 17.6. The van der Waals surface area contributed by atoms with E-state index < -0.39 is 23.4 Å². The van der Waals surface area contributed by atoms with E-state index in [9.17, 15) is 17.6 Å². The number of hydrazone groups is 1. The molecule has 0 aliphatic heterocycles. The van der Waals surface area contributed by atoms with Gasteiger partial charge in [0.2, 0.25) is 5.95 Å². The van der Waals surface area contributed by atoms with Gasteiger partial charge in [-0.3, -0.25) is 0 Å². The normalized spacial score (nSPS) is 12.1. The van der Waals surface area contributed by atoms with Gasteiger partial charge in [0.25, 0.3) is 0 Å². The fraction of sp³-hybridized carbons (Fsp3) is 0.227. The number of alkyl halides is 3. The lowest BCUT2D eigenvalue weighted by Gasteiger charge is -2.22. The minimum Gasteiger partial charge on any atom is -0.380 e. The van der Waals surface area contributed by atoms with Crippen molar-refractivity contribution in [3.8, 4) is 0 Å². The average molecular weight is 446 g/mol. The van der Waals surface area contributed by atoms with E-state index in [4.69, 9.17) is 0 Å². The molecule has 3 N–H and O–H groups in total. The third kappa shape index (κ3) is 6.40. The molecule has 0 saturated carbocycles. The maximum absolute atomic E-state index is 13.7. The SMILES string of the molecule is CC(C)(C)Nc1cccc(Nc2nc(N/N=C/c3ccccc3F)ncc2C(F)(F)F)c1. The highest BCUT2D eigenvalue weighted by molar-refractivity contribution is 5.80. The molecule has 0 radical (unpaired) electrons. The number of hydrogen-bond donors (Lipinski definition) is 3. The minimum absolute atomic E-state index is 0.183. The Bertz CT molecular complexity index is 1110. The fourth-order valence-corrected chi connectivity index (χ4v) is 2.72. The van der Waals surface area contributed by atoms with Crippen LogP contribution in [0, 0.1) is 5.82 Å². The van der Waals surface area contributed by atoms with E-state index in [1.165, 1.54) is 24.4 Å². The molecule has 0 saturated heterocycles. The van der Waals surface area contributed by atoms with Gasteiger partial charge in [-0.2, -0.15) is 23.3 Å². The molecule has 0 fully saturated rings. The smallest absolute Gasteiger partial charge is 0.380 e. The van der Waals surface area contributed by atoms with Crippen LogP contribution >= 0.6 is 0 Å². The highest BCUT2D eigenvalue weighted by Crippen LogP contribution is 2.35. The number of hydrogen-bond acceptors (Lipinski definition) is 6. The van der Waals surface area contributed by atoms with Crippen LogP contribution in [0.2, 0.25) is 0 Å². The summed E-state index contributed by atoms with van der Waals surface area (Å²) in [5.41, 5.74) is 2.52. The van der Waals surface area contributed by atoms with Gasteiger partial charge in [0.05, 0.1) is 6.21 Å². The Morgan fingerprint density at radius 2 is 1.69 bits per heavy atom. The van der Waals surface area contributed by atoms with Crippen molar-refractivity contribution in [1.82, 2.24) is 9.97 Å². The van der Waals surface area contributed by atoms with Crippen LogP contribution in [0.25, 0.3) is 0 Å². The fourth-order valence-electron chi connectivity index (χ4n) is 2.72. The molecule has 3 rings (SSSR count). The molecule has 0 aliphatic carbocycles. The second-order valence-electron chi connectivity index (χ2n) is 7.93. The van der Waals surface area contributed by atoms with E-state index in [1.54, 1.807) is 24.3 Å². The number of nitrogens with one attached hydrogen (secondary N) is 3. The van der Waals surface area contributed by atoms with E-state index in [0.717, 1.165) is 5.69 Å². The van der Waals surface area contributed by atoms with Gasteiger partial charge in [0.1, 0.15) is 17.2 Å². The quantitative estimate of drug-likeness (QED) is 0.245. The van der Waals surface area contributed by atoms with Crippen molar-refractivity contribution in [3.63, 3.8) is 0 Å². The lowest BCUT2D eigenvalue weighted by molar-refractivity contribution is -0.137. The Balaban J connectivity index is 1.85. The Kier molecular flexibility index (Phi) is 6.61. The van der Waals surface area contributed by atoms with Crippen LogP contribution in [-0.4, -0.2) is 21.7 Å². The molecule has 0 atom stereocenters. The first-order chi connectivity index (χ1) is 15.0. The Hall–Kier alpha value is -3.69. The first kappa shape index (κ1) is 23.0. The summed E-state index contributed by atoms with van der Waals surface area (Å²) in [4.78, 5) is 7.58. The summed E-state index contributed by atoms with van der Waals surface area (Å²) in [7, 11) is 0. The van der Waals surface area contributed by atoms with Crippen LogP contribution in [0.4, 0.5) is 40.7 Å². The van der Waals surface area contributed by atoms with Crippen LogP contribution in [0.1, 0.15) is 31.9 Å². The van der Waals surface area contributed by atoms with Gasteiger partial charge in [-0.25, -0.2) is 14.8 Å². The summed E-state index contributed by atoms with van der Waals surface area (Å²) in [6.07, 6.45) is -2.82. The summed E-state index contributed by atoms with van der Waals surface area (Å²) >= 11 is 0. The molecule has 0 spiro atoms. The monoisotopic (exact) mass is 446 g/mol. The molecule has 0 aliphatic rings. The molecular weight excluding hydrogens is 424 g/mol. The maximum Gasteiger partial charge on any atom is 0.421 e. The Labute approximate surface area is 182 Å². The Morgan fingerprint density at radius 1 is 0.969 bits per heavy atom. The molecular formula is C22H22F4N6. The van der Waals surface area contributed by atoms with Crippen molar-refractivity contribution >= 4 is 29.4 Å². The second kappa shape index (κ2) is 9.21. The molecule has 10 heteroatoms. The molecule has 1 heterocycles. The average Bonchev–Trinajstić information content (AvgIpc) is 2.68. The number of anilines is 4. The number of benzene rings is 2. The third-order valence-electron chi connectivity index (χ3n) is 4.01. The zero-order chi connectivity index (χ0) is 23.4. The van der Waals surface area contributed by atoms with Crippen LogP contribution in [0.3, 0.4) is 0 Å². The highest BCUT2D eigenvalue weighted by Gasteiger charge is 2.35. The highest BCUT2D eigenvalue weighted by atomic mass is 19.4. The number of nitrogens with zero attached hydrogens (tertiary/aromatic N) is 3. The molecule has 3 aromatic rings. The van der Waals surface area contributed by atoms with Gasteiger partial charge < -0.3 is 10.6 Å². The van der Waals surface area contributed by atoms with Crippen molar-refractivity contribution in [2.24, 2.45) is 5.10 Å². The van der Waals surface area contributed by atoms with Gasteiger partial charge in [-0.1, -0.05) is 24.3 Å². The van der Waals surface area contributed by atoms with E-state index in [0.29, 0.717) is 11.9 Å². The maximum atomic E-state index is 13.7. The summed E-state index contributed by atoms with van der Waals surface area (Å²) in [5.74, 6) is -1.11. The molecule has 1 aromatic heterocycles. The second-order valence-corrected chi connectivity index (χ2v) is 7.93. The number of aromatic nitrogens is 2. The van der Waals surface area contributed by atoms with Crippen LogP contribution < -0.4 is 16.1 Å². The van der Waals surface area contributed by atoms with Crippen LogP contribution in [0.15, 0.2) is 59.8 Å². The number of halogens is 4. The largest absolute Gasteiger partial charge is 0.421 e. The predicted molar refractivity (Wildman–Crippen MR) is 118 cm³/mol. The van der Waals surface area contributed by atoms with Gasteiger partial charge in [0, 0.05) is 28.7 Å². The van der Waals surface area contributed by atoms with E-state index >= 15 is 0 Å². The first-order valence-electron chi connectivity index (χ1n) is 9.64. The van der Waals surface area contributed by atoms with Crippen molar-refractivity contribution < 1.29 is 17.6 Å². The van der Waals surface area contributed by atoms with E-state index in [-0.39, 0.29) is 17.1 Å². The molecule has 32 heavy (non-hydrogen) atoms. The third-order valence-corrected chi connectivity index (χ3v) is 4.01. The standard InChI is InChI=1S/C22H22F4N6/c1-21(2,3)31-16-9-6-8-15(11-16)29-19-17(22(24,25)26)13-27-20(30-19)32-28-12-14-7-4-5-10-18(14)23/h4-13,31H,1-3H3,(H2,27,29,30,32)/b28-12+. The molecule has 0 amide bonds. The molecule has 6 nitrogen and oxygen atoms in total. The van der Waals surface area contributed by atoms with Gasteiger partial charge in [-0.05, 0) is 45.0 Å². The van der Waals surface area contributed by atoms with Gasteiger partial charge in [-0.15, -0.1) is 0 Å². The van der Waals surface area contributed by atoms with E-state index in [1.807, 2.05) is 26.8 Å². The molecule has 168 valence electrons. The van der Waals surface area contributed by atoms with Crippen molar-refractivity contribution in [3.05, 3.63) is 71.7 Å². The lowest BCUT2D eigenvalue weighted by atomic mass is 10.1. The van der Waals surface area contributed by atoms with Crippen molar-refractivity contribution in [2.75, 3.05) is 16.1 Å². The number of rotatable bonds is 6. The van der Waals surface area contributed by atoms with E-state index in [2.05, 4.69) is 31.1 Å². The molecule has 2 aromatic carbocycles. The molecule has 0 unspecified atom stereocenters. The van der Waals surface area contributed by atoms with Crippen molar-refractivity contribution in [2.45, 2.75) is 32.5 Å². The first-order valence-corrected chi connectivity index (χ1v) is 9.64. The summed E-state index contributed by atoms with van der Waals surface area (Å²) in [5, 5.41) is 9.76. The van der Waals surface area contributed by atoms with Crippen LogP contribution in [-0.2, 0) is 6.18 Å². The lowest BCUT2D eigenvalue weighted by Crippen LogP contribution is -2.25. The summed E-state index contributed by atoms with van der Waals surface area (Å²) in [6.45, 7) is 5.91. The summed E-state index contributed by atoms with van der Waals surface area (Å²) < 4.78 is 54.1. The Morgan fingerprint density at radius 3 is 2.38 bits per heavy atom. The van der Waals surface area contributed by atoms with Gasteiger partial charge in [0.15, 0.2) is 0 Å². The zero-order valence-corrected chi connectivity index (χ0v) is 17.6. The minimum atomic E-state index is -4.67. The predicted octanol–water partition coefficient (Wildman–Crippen LogP) is 6.03. The molecule has 0 bridgehead atoms. The summed E-state index contributed by atoms with van der Waals surface area (Å²) in [6, 6.07) is 12.7. The topological polar surface area (TPSA) is 74.2 Å². The van der Waals surface area contributed by atoms with Crippen molar-refractivity contribution in [1.29, 1.82) is 0 Å². The van der Waals surface area contributed by atoms with Gasteiger partial charge >= 0.3 is 6.18 Å².